The van der Waals surface area contributed by atoms with E-state index < -0.39 is 118 Å². The average molecular weight is 1160 g/mol. The Morgan fingerprint density at radius 3 is 1.71 bits per heavy atom. The first-order valence-corrected chi connectivity index (χ1v) is 27.3. The molecule has 0 spiro atoms. The number of amides is 2. The molecule has 5 aromatic carbocycles. The minimum atomic E-state index is -5.13. The molecule has 8 aromatic rings. The molecule has 428 valence electrons. The molecule has 2 saturated heterocycles. The zero-order valence-corrected chi connectivity index (χ0v) is 45.1. The van der Waals surface area contributed by atoms with Crippen molar-refractivity contribution in [3.05, 3.63) is 225 Å². The highest BCUT2D eigenvalue weighted by molar-refractivity contribution is 7.48. The number of aromatic nitrogens is 6. The molecule has 0 radical (unpaired) electrons. The number of phosphoric ester groups is 1. The molecule has 25 nitrogen and oxygen atoms in total. The van der Waals surface area contributed by atoms with Gasteiger partial charge in [0.25, 0.3) is 23.3 Å². The molecule has 2 aliphatic rings. The number of ether oxygens (including phenoxy) is 5. The van der Waals surface area contributed by atoms with Crippen molar-refractivity contribution >= 4 is 54.5 Å². The maximum atomic E-state index is 15.2. The Kier molecular flexibility index (Phi) is 17.7. The summed E-state index contributed by atoms with van der Waals surface area (Å²) in [6.07, 6.45) is -9.77. The molecule has 1 N–H and O–H groups in total. The van der Waals surface area contributed by atoms with E-state index in [1.165, 1.54) is 90.8 Å². The van der Waals surface area contributed by atoms with Crippen molar-refractivity contribution in [1.82, 2.24) is 28.7 Å². The van der Waals surface area contributed by atoms with E-state index >= 15 is 4.57 Å². The van der Waals surface area contributed by atoms with Crippen molar-refractivity contribution in [1.29, 1.82) is 5.26 Å². The number of fused-ring (bicyclic) bond motifs is 1. The molecule has 3 aromatic heterocycles. The fraction of sp³-hybridized carbons (Fsp3) is 0.224. The molecule has 2 amide bonds. The number of imidazole rings is 1. The first-order valence-electron chi connectivity index (χ1n) is 25.8. The van der Waals surface area contributed by atoms with E-state index in [1.54, 1.807) is 78.9 Å². The molecule has 9 atom stereocenters. The predicted molar refractivity (Wildman–Crippen MR) is 292 cm³/mol. The van der Waals surface area contributed by atoms with Crippen molar-refractivity contribution in [2.24, 2.45) is 0 Å². The second-order valence-corrected chi connectivity index (χ2v) is 20.2. The minimum absolute atomic E-state index is 0.0136. The van der Waals surface area contributed by atoms with Crippen LogP contribution in [0, 0.1) is 11.3 Å². The number of aliphatic hydroxyl groups excluding tert-OH is 1. The van der Waals surface area contributed by atoms with Crippen LogP contribution in [0.3, 0.4) is 0 Å². The van der Waals surface area contributed by atoms with E-state index in [0.29, 0.717) is 4.57 Å². The third-order valence-electron chi connectivity index (χ3n) is 13.4. The van der Waals surface area contributed by atoms with Gasteiger partial charge in [0.05, 0.1) is 49.8 Å². The summed E-state index contributed by atoms with van der Waals surface area (Å²) in [5.41, 5.74) is -1.95. The number of hydrogen-bond donors (Lipinski definition) is 1. The average Bonchev–Trinajstić information content (AvgIpc) is 4.41. The number of carbonyl (C=O) groups is 5. The highest BCUT2D eigenvalue weighted by atomic mass is 31.2. The van der Waals surface area contributed by atoms with Gasteiger partial charge in [0.1, 0.15) is 30.7 Å². The number of rotatable bonds is 20. The third kappa shape index (κ3) is 12.0. The number of nitrogens with zero attached hydrogens (tertiary/aromatic N) is 8. The van der Waals surface area contributed by atoms with E-state index in [4.69, 9.17) is 37.3 Å². The van der Waals surface area contributed by atoms with Crippen LogP contribution in [0.15, 0.2) is 186 Å². The summed E-state index contributed by atoms with van der Waals surface area (Å²) in [4.78, 5) is 112. The Labute approximate surface area is 476 Å². The summed E-state index contributed by atoms with van der Waals surface area (Å²) in [6, 6.07) is 41.8. The van der Waals surface area contributed by atoms with Crippen molar-refractivity contribution in [3.8, 4) is 6.07 Å². The van der Waals surface area contributed by atoms with Gasteiger partial charge < -0.3 is 28.8 Å². The highest BCUT2D eigenvalue weighted by Crippen LogP contribution is 2.54. The Morgan fingerprint density at radius 1 is 0.643 bits per heavy atom. The smallest absolute Gasteiger partial charge is 0.452 e. The van der Waals surface area contributed by atoms with Gasteiger partial charge in [-0.05, 0) is 60.7 Å². The molecule has 2 fully saturated rings. The van der Waals surface area contributed by atoms with Crippen LogP contribution in [0.2, 0.25) is 0 Å². The van der Waals surface area contributed by atoms with Crippen LogP contribution in [0.1, 0.15) is 70.7 Å². The second-order valence-electron chi connectivity index (χ2n) is 18.6. The van der Waals surface area contributed by atoms with E-state index in [9.17, 15) is 43.9 Å². The minimum Gasteiger partial charge on any atom is -0.452 e. The number of imide groups is 1. The van der Waals surface area contributed by atoms with E-state index in [-0.39, 0.29) is 51.2 Å². The van der Waals surface area contributed by atoms with Gasteiger partial charge >= 0.3 is 25.5 Å². The molecule has 0 bridgehead atoms. The lowest BCUT2D eigenvalue weighted by Crippen LogP contribution is -2.46. The Bertz CT molecular complexity index is 3850. The number of benzene rings is 5. The summed E-state index contributed by atoms with van der Waals surface area (Å²) in [5, 5.41) is 20.2. The summed E-state index contributed by atoms with van der Waals surface area (Å²) < 4.78 is 66.4. The number of carbonyl (C=O) groups excluding carboxylic acids is 5. The van der Waals surface area contributed by atoms with E-state index in [2.05, 4.69) is 15.0 Å². The van der Waals surface area contributed by atoms with Crippen molar-refractivity contribution in [2.75, 3.05) is 31.8 Å². The topological polar surface area (TPSA) is 311 Å². The van der Waals surface area contributed by atoms with Crippen LogP contribution < -0.4 is 16.1 Å². The molecular weight excluding hydrogens is 1110 g/mol. The van der Waals surface area contributed by atoms with Crippen molar-refractivity contribution < 1.29 is 70.9 Å². The van der Waals surface area contributed by atoms with Crippen LogP contribution in [0.5, 0.6) is 0 Å². The number of aliphatic hydroxyl groups is 1. The first-order chi connectivity index (χ1) is 40.8. The largest absolute Gasteiger partial charge is 0.475 e. The summed E-state index contributed by atoms with van der Waals surface area (Å²) in [6.45, 7) is -2.33. The third-order valence-corrected chi connectivity index (χ3v) is 14.9. The molecular formula is C58H49N8O17P. The number of methoxy groups -OCH3 is 1. The zero-order valence-electron chi connectivity index (χ0n) is 44.2. The lowest BCUT2D eigenvalue weighted by atomic mass is 10.1. The van der Waals surface area contributed by atoms with Gasteiger partial charge in [0.2, 0.25) is 0 Å². The second kappa shape index (κ2) is 25.8. The summed E-state index contributed by atoms with van der Waals surface area (Å²) in [5.74, 6) is -4.61. The van der Waals surface area contributed by atoms with Gasteiger partial charge in [-0.3, -0.25) is 41.9 Å². The number of esters is 2. The molecule has 5 heterocycles. The Hall–Kier alpha value is -9.48. The van der Waals surface area contributed by atoms with Gasteiger partial charge in [-0.2, -0.15) is 9.83 Å². The Morgan fingerprint density at radius 2 is 1.17 bits per heavy atom. The SMILES string of the molecule is CO[C@@H]1[C@H](OP(=O)(OCCC#N)OC[C@H]2O[C@@H](n3cnc4c(N(C(=O)c5ccccc5)C(=O)c5ccccc5)ncnc43)[C@H](OC(=O)c3ccccc3)[C@@H]2OC(=O)c2ccccc2)[C@@H](CO)O[C@H]1n1ccc(=O)n(C(=O)c2ccccc2)c1=O. The van der Waals surface area contributed by atoms with E-state index in [0.717, 1.165) is 28.1 Å². The van der Waals surface area contributed by atoms with Gasteiger partial charge in [-0.1, -0.05) is 91.0 Å². The van der Waals surface area contributed by atoms with Crippen molar-refractivity contribution in [2.45, 2.75) is 55.5 Å². The predicted octanol–water partition coefficient (Wildman–Crippen LogP) is 5.72. The van der Waals surface area contributed by atoms with Crippen LogP contribution in [-0.2, 0) is 41.8 Å². The fourth-order valence-electron chi connectivity index (χ4n) is 9.41. The fourth-order valence-corrected chi connectivity index (χ4v) is 10.8. The summed E-state index contributed by atoms with van der Waals surface area (Å²) >= 11 is 0. The van der Waals surface area contributed by atoms with Gasteiger partial charge in [-0.15, -0.1) is 0 Å². The summed E-state index contributed by atoms with van der Waals surface area (Å²) in [7, 11) is -3.95. The molecule has 1 unspecified atom stereocenters. The van der Waals surface area contributed by atoms with Crippen LogP contribution in [-0.4, -0.2) is 127 Å². The maximum absolute atomic E-state index is 15.2. The lowest BCUT2D eigenvalue weighted by Gasteiger charge is -2.28. The molecule has 2 aliphatic heterocycles. The van der Waals surface area contributed by atoms with Gasteiger partial charge in [-0.25, -0.2) is 38.8 Å². The molecule has 0 aliphatic carbocycles. The van der Waals surface area contributed by atoms with Crippen molar-refractivity contribution in [3.63, 3.8) is 0 Å². The highest BCUT2D eigenvalue weighted by Gasteiger charge is 2.54. The van der Waals surface area contributed by atoms with Crippen LogP contribution in [0.4, 0.5) is 5.82 Å². The zero-order chi connectivity index (χ0) is 58.9. The van der Waals surface area contributed by atoms with E-state index in [1.807, 2.05) is 6.07 Å². The molecule has 84 heavy (non-hydrogen) atoms. The lowest BCUT2D eigenvalue weighted by molar-refractivity contribution is -0.0639. The molecule has 10 rings (SSSR count). The van der Waals surface area contributed by atoms with Gasteiger partial charge in [0, 0.05) is 36.1 Å². The number of anilines is 1. The van der Waals surface area contributed by atoms with Crippen LogP contribution in [0.25, 0.3) is 11.2 Å². The maximum Gasteiger partial charge on any atom is 0.475 e. The quantitative estimate of drug-likeness (QED) is 0.0413. The normalized spacial score (nSPS) is 20.8. The van der Waals surface area contributed by atoms with Gasteiger partial charge in [0.15, 0.2) is 41.6 Å². The monoisotopic (exact) mass is 1160 g/mol. The number of nitriles is 1. The Balaban J connectivity index is 1.02. The first kappa shape index (κ1) is 57.7. The standard InChI is InChI=1S/C58H49N8O17P/c1-76-47-46(41(32-67)79-54(47)63-30-28-43(68)65(58(63)74)51(69)36-18-7-2-8-19-36)83-84(75,77-31-17-29-59)78-33-42-45(81-56(72)39-24-13-5-14-25-39)48(82-57(73)40-26-15-6-16-27-40)55(80-42)64-35-62-44-49(64)60-34-61-50(44)66(52(70)37-20-9-3-10-21-37)53(71)38-22-11-4-12-23-38/h2-16,18-28,30,34-35,41-42,45-48,54-55,67H,17,31-33H2,1H3/t41-,42-,45-,46-,47-,48-,54-,55-,84?/m1/s1. The molecule has 26 heteroatoms. The number of hydrogen-bond acceptors (Lipinski definition) is 21. The van der Waals surface area contributed by atoms with Crippen LogP contribution >= 0.6 is 7.82 Å². The molecule has 0 saturated carbocycles. The number of phosphoric acid groups is 1.